The summed E-state index contributed by atoms with van der Waals surface area (Å²) in [5.74, 6) is 0.352. The SMILES string of the molecule is Cc1cc(OCC(=O)NC(CO)CO)no1. The summed E-state index contributed by atoms with van der Waals surface area (Å²) in [4.78, 5) is 11.2. The topological polar surface area (TPSA) is 105 Å². The van der Waals surface area contributed by atoms with Crippen molar-refractivity contribution in [1.29, 1.82) is 0 Å². The third-order valence-corrected chi connectivity index (χ3v) is 1.76. The highest BCUT2D eigenvalue weighted by molar-refractivity contribution is 5.77. The molecule has 0 radical (unpaired) electrons. The maximum absolute atomic E-state index is 11.2. The van der Waals surface area contributed by atoms with Gasteiger partial charge in [-0.2, -0.15) is 0 Å². The molecule has 0 aromatic carbocycles. The van der Waals surface area contributed by atoms with Gasteiger partial charge in [0.25, 0.3) is 11.8 Å². The Kier molecular flexibility index (Phi) is 4.74. The molecule has 0 unspecified atom stereocenters. The summed E-state index contributed by atoms with van der Waals surface area (Å²) in [7, 11) is 0. The van der Waals surface area contributed by atoms with Crippen molar-refractivity contribution in [3.63, 3.8) is 0 Å². The number of ether oxygens (including phenoxy) is 1. The Morgan fingerprint density at radius 2 is 2.31 bits per heavy atom. The number of nitrogens with one attached hydrogen (secondary N) is 1. The minimum absolute atomic E-state index is 0.220. The molecule has 0 saturated heterocycles. The third kappa shape index (κ3) is 3.87. The fourth-order valence-corrected chi connectivity index (χ4v) is 0.969. The van der Waals surface area contributed by atoms with Gasteiger partial charge in [0.15, 0.2) is 6.61 Å². The number of aliphatic hydroxyl groups is 2. The number of aromatic nitrogens is 1. The summed E-state index contributed by atoms with van der Waals surface area (Å²) in [5.41, 5.74) is 0. The molecule has 1 amide bonds. The molecule has 0 atom stereocenters. The van der Waals surface area contributed by atoms with Crippen molar-refractivity contribution < 1.29 is 24.3 Å². The van der Waals surface area contributed by atoms with Crippen LogP contribution in [0.4, 0.5) is 0 Å². The van der Waals surface area contributed by atoms with Crippen LogP contribution in [0.1, 0.15) is 5.76 Å². The van der Waals surface area contributed by atoms with Crippen LogP contribution in [-0.2, 0) is 4.79 Å². The van der Waals surface area contributed by atoms with Gasteiger partial charge in [-0.25, -0.2) is 0 Å². The molecular formula is C9H14N2O5. The summed E-state index contributed by atoms with van der Waals surface area (Å²) in [6, 6.07) is 0.873. The molecule has 1 aromatic heterocycles. The van der Waals surface area contributed by atoms with Gasteiger partial charge in [0.05, 0.1) is 19.3 Å². The van der Waals surface area contributed by atoms with Crippen molar-refractivity contribution in [2.75, 3.05) is 19.8 Å². The van der Waals surface area contributed by atoms with Crippen LogP contribution >= 0.6 is 0 Å². The average Bonchev–Trinajstić information content (AvgIpc) is 2.69. The third-order valence-electron chi connectivity index (χ3n) is 1.76. The first kappa shape index (κ1) is 12.5. The van der Waals surface area contributed by atoms with E-state index in [0.29, 0.717) is 5.76 Å². The van der Waals surface area contributed by atoms with Crippen LogP contribution in [-0.4, -0.2) is 47.1 Å². The van der Waals surface area contributed by atoms with Crippen LogP contribution < -0.4 is 10.1 Å². The number of aryl methyl sites for hydroxylation is 1. The van der Waals surface area contributed by atoms with E-state index in [1.54, 1.807) is 13.0 Å². The highest BCUT2D eigenvalue weighted by Gasteiger charge is 2.11. The number of hydrogen-bond acceptors (Lipinski definition) is 6. The van der Waals surface area contributed by atoms with Gasteiger partial charge in [-0.15, -0.1) is 0 Å². The Hall–Kier alpha value is -1.60. The van der Waals surface area contributed by atoms with Crippen LogP contribution in [0.3, 0.4) is 0 Å². The zero-order valence-corrected chi connectivity index (χ0v) is 8.84. The molecule has 16 heavy (non-hydrogen) atoms. The minimum Gasteiger partial charge on any atom is -0.465 e. The largest absolute Gasteiger partial charge is 0.465 e. The molecular weight excluding hydrogens is 216 g/mol. The predicted octanol–water partition coefficient (Wildman–Crippen LogP) is -1.17. The van der Waals surface area contributed by atoms with Crippen LogP contribution in [0.5, 0.6) is 5.88 Å². The molecule has 0 aliphatic heterocycles. The monoisotopic (exact) mass is 230 g/mol. The van der Waals surface area contributed by atoms with Gasteiger partial charge in [0.2, 0.25) is 0 Å². The standard InChI is InChI=1S/C9H14N2O5/c1-6-2-9(11-16-6)15-5-8(14)10-7(3-12)4-13/h2,7,12-13H,3-5H2,1H3,(H,10,14). The van der Waals surface area contributed by atoms with Gasteiger partial charge in [-0.05, 0) is 12.1 Å². The first-order chi connectivity index (χ1) is 7.65. The lowest BCUT2D eigenvalue weighted by Gasteiger charge is -2.12. The number of nitrogens with zero attached hydrogens (tertiary/aromatic N) is 1. The zero-order valence-electron chi connectivity index (χ0n) is 8.84. The summed E-state index contributed by atoms with van der Waals surface area (Å²) < 4.78 is 9.73. The second-order valence-electron chi connectivity index (χ2n) is 3.19. The number of hydrogen-bond donors (Lipinski definition) is 3. The lowest BCUT2D eigenvalue weighted by atomic mass is 10.3. The van der Waals surface area contributed by atoms with Crippen molar-refractivity contribution in [2.45, 2.75) is 13.0 Å². The molecule has 0 fully saturated rings. The Bertz CT molecular complexity index is 334. The quantitative estimate of drug-likeness (QED) is 0.569. The number of amides is 1. The van der Waals surface area contributed by atoms with Gasteiger partial charge in [0, 0.05) is 6.07 Å². The van der Waals surface area contributed by atoms with Gasteiger partial charge < -0.3 is 24.8 Å². The van der Waals surface area contributed by atoms with E-state index < -0.39 is 11.9 Å². The first-order valence-corrected chi connectivity index (χ1v) is 4.73. The van der Waals surface area contributed by atoms with Gasteiger partial charge in [-0.3, -0.25) is 4.79 Å². The van der Waals surface area contributed by atoms with E-state index in [9.17, 15) is 4.79 Å². The maximum atomic E-state index is 11.2. The zero-order chi connectivity index (χ0) is 12.0. The van der Waals surface area contributed by atoms with Crippen molar-refractivity contribution in [3.8, 4) is 5.88 Å². The Labute approximate surface area is 92.0 Å². The van der Waals surface area contributed by atoms with Crippen molar-refractivity contribution in [2.24, 2.45) is 0 Å². The van der Waals surface area contributed by atoms with E-state index in [2.05, 4.69) is 10.5 Å². The fourth-order valence-electron chi connectivity index (χ4n) is 0.969. The molecule has 0 aliphatic rings. The lowest BCUT2D eigenvalue weighted by Crippen LogP contribution is -2.42. The van der Waals surface area contributed by atoms with E-state index >= 15 is 0 Å². The smallest absolute Gasteiger partial charge is 0.258 e. The molecule has 90 valence electrons. The van der Waals surface area contributed by atoms with Crippen LogP contribution in [0.15, 0.2) is 10.6 Å². The van der Waals surface area contributed by atoms with Crippen LogP contribution in [0, 0.1) is 6.92 Å². The number of rotatable bonds is 6. The fraction of sp³-hybridized carbons (Fsp3) is 0.556. The molecule has 7 nitrogen and oxygen atoms in total. The van der Waals surface area contributed by atoms with E-state index in [4.69, 9.17) is 19.5 Å². The molecule has 0 spiro atoms. The molecule has 7 heteroatoms. The highest BCUT2D eigenvalue weighted by atomic mass is 16.5. The maximum Gasteiger partial charge on any atom is 0.258 e. The lowest BCUT2D eigenvalue weighted by molar-refractivity contribution is -0.124. The molecule has 3 N–H and O–H groups in total. The molecule has 1 heterocycles. The number of carbonyl (C=O) groups excluding carboxylic acids is 1. The van der Waals surface area contributed by atoms with Crippen molar-refractivity contribution >= 4 is 5.91 Å². The van der Waals surface area contributed by atoms with E-state index in [0.717, 1.165) is 0 Å². The highest BCUT2D eigenvalue weighted by Crippen LogP contribution is 2.09. The Morgan fingerprint density at radius 3 is 2.81 bits per heavy atom. The predicted molar refractivity (Wildman–Crippen MR) is 52.8 cm³/mol. The van der Waals surface area contributed by atoms with E-state index in [1.165, 1.54) is 0 Å². The summed E-state index contributed by atoms with van der Waals surface area (Å²) in [6.45, 7) is 0.798. The molecule has 0 saturated carbocycles. The van der Waals surface area contributed by atoms with Gasteiger partial charge >= 0.3 is 0 Å². The summed E-state index contributed by atoms with van der Waals surface area (Å²) in [6.07, 6.45) is 0. The number of aliphatic hydroxyl groups excluding tert-OH is 2. The van der Waals surface area contributed by atoms with Crippen molar-refractivity contribution in [3.05, 3.63) is 11.8 Å². The number of carbonyl (C=O) groups is 1. The average molecular weight is 230 g/mol. The molecule has 1 aromatic rings. The second kappa shape index (κ2) is 6.09. The second-order valence-corrected chi connectivity index (χ2v) is 3.19. The van der Waals surface area contributed by atoms with E-state index in [-0.39, 0.29) is 25.7 Å². The molecule has 0 bridgehead atoms. The summed E-state index contributed by atoms with van der Waals surface area (Å²) in [5, 5.41) is 23.3. The first-order valence-electron chi connectivity index (χ1n) is 4.73. The van der Waals surface area contributed by atoms with Crippen LogP contribution in [0.2, 0.25) is 0 Å². The Morgan fingerprint density at radius 1 is 1.62 bits per heavy atom. The molecule has 1 rings (SSSR count). The van der Waals surface area contributed by atoms with Crippen LogP contribution in [0.25, 0.3) is 0 Å². The molecule has 0 aliphatic carbocycles. The van der Waals surface area contributed by atoms with Crippen molar-refractivity contribution in [1.82, 2.24) is 10.5 Å². The van der Waals surface area contributed by atoms with Gasteiger partial charge in [-0.1, -0.05) is 0 Å². The van der Waals surface area contributed by atoms with E-state index in [1.807, 2.05) is 0 Å². The summed E-state index contributed by atoms with van der Waals surface area (Å²) >= 11 is 0. The van der Waals surface area contributed by atoms with Gasteiger partial charge in [0.1, 0.15) is 5.76 Å². The minimum atomic E-state index is -0.671. The normalized spacial score (nSPS) is 10.5. The Balaban J connectivity index is 2.30.